The zero-order chi connectivity index (χ0) is 13.1. The fourth-order valence-electron chi connectivity index (χ4n) is 1.51. The van der Waals surface area contributed by atoms with E-state index in [1.807, 2.05) is 18.2 Å². The topological polar surface area (TPSA) is 29.1 Å². The van der Waals surface area contributed by atoms with Gasteiger partial charge in [0, 0.05) is 14.6 Å². The molecule has 0 fully saturated rings. The molecule has 2 aromatic rings. The van der Waals surface area contributed by atoms with E-state index in [1.54, 1.807) is 11.3 Å². The summed E-state index contributed by atoms with van der Waals surface area (Å²) in [6.45, 7) is 2.64. The number of thiophene rings is 1. The van der Waals surface area contributed by atoms with Gasteiger partial charge in [0.25, 0.3) is 5.91 Å². The summed E-state index contributed by atoms with van der Waals surface area (Å²) >= 11 is 7.22. The largest absolute Gasteiger partial charge is 0.348 e. The van der Waals surface area contributed by atoms with E-state index in [0.29, 0.717) is 12.1 Å². The third-order valence-corrected chi connectivity index (χ3v) is 4.92. The number of carbonyl (C=O) groups is 1. The van der Waals surface area contributed by atoms with Gasteiger partial charge in [-0.15, -0.1) is 0 Å². The van der Waals surface area contributed by atoms with Gasteiger partial charge in [-0.3, -0.25) is 4.79 Å². The zero-order valence-corrected chi connectivity index (χ0v) is 14.2. The van der Waals surface area contributed by atoms with Gasteiger partial charge < -0.3 is 5.32 Å². The Morgan fingerprint density at radius 2 is 2.22 bits per heavy atom. The molecule has 0 radical (unpaired) electrons. The minimum absolute atomic E-state index is 0.0358. The van der Waals surface area contributed by atoms with Gasteiger partial charge in [-0.1, -0.05) is 15.9 Å². The summed E-state index contributed by atoms with van der Waals surface area (Å²) in [4.78, 5) is 12.1. The molecule has 0 aliphatic heterocycles. The Morgan fingerprint density at radius 3 is 2.89 bits per heavy atom. The molecule has 0 aliphatic rings. The van der Waals surface area contributed by atoms with E-state index in [2.05, 4.69) is 61.5 Å². The van der Waals surface area contributed by atoms with Crippen LogP contribution in [-0.4, -0.2) is 5.91 Å². The molecule has 1 aromatic heterocycles. The normalized spacial score (nSPS) is 10.4. The van der Waals surface area contributed by atoms with Crippen LogP contribution in [0.25, 0.3) is 0 Å². The smallest absolute Gasteiger partial charge is 0.252 e. The molecule has 1 amide bonds. The van der Waals surface area contributed by atoms with Crippen molar-refractivity contribution in [1.29, 1.82) is 0 Å². The van der Waals surface area contributed by atoms with Gasteiger partial charge in [-0.25, -0.2) is 0 Å². The summed E-state index contributed by atoms with van der Waals surface area (Å²) in [7, 11) is 0. The molecule has 2 nitrogen and oxygen atoms in total. The van der Waals surface area contributed by atoms with Crippen molar-refractivity contribution in [3.8, 4) is 0 Å². The minimum Gasteiger partial charge on any atom is -0.348 e. The average molecular weight is 436 g/mol. The highest BCUT2D eigenvalue weighted by molar-refractivity contribution is 14.1. The van der Waals surface area contributed by atoms with Crippen molar-refractivity contribution in [3.05, 3.63) is 53.7 Å². The lowest BCUT2D eigenvalue weighted by Crippen LogP contribution is -2.23. The summed E-state index contributed by atoms with van der Waals surface area (Å²) in [6.07, 6.45) is 0. The monoisotopic (exact) mass is 435 g/mol. The predicted octanol–water partition coefficient (Wildman–Crippen LogP) is 4.35. The maximum Gasteiger partial charge on any atom is 0.252 e. The van der Waals surface area contributed by atoms with E-state index < -0.39 is 0 Å². The molecule has 0 saturated heterocycles. The van der Waals surface area contributed by atoms with E-state index in [0.717, 1.165) is 8.04 Å². The highest BCUT2D eigenvalue weighted by Gasteiger charge is 2.10. The first-order valence-corrected chi connectivity index (χ1v) is 8.14. The zero-order valence-electron chi connectivity index (χ0n) is 9.67. The molecule has 0 unspecified atom stereocenters. The Bertz CT molecular complexity index is 582. The number of halogens is 2. The molecular formula is C13H11BrINOS. The van der Waals surface area contributed by atoms with Crippen LogP contribution in [0.4, 0.5) is 0 Å². The third kappa shape index (κ3) is 3.33. The van der Waals surface area contributed by atoms with E-state index in [-0.39, 0.29) is 5.91 Å². The van der Waals surface area contributed by atoms with Crippen LogP contribution >= 0.6 is 49.9 Å². The second-order valence-corrected chi connectivity index (χ2v) is 6.71. The van der Waals surface area contributed by atoms with Crippen LogP contribution in [-0.2, 0) is 6.54 Å². The third-order valence-electron chi connectivity index (χ3n) is 2.57. The molecule has 1 heterocycles. The molecule has 5 heteroatoms. The number of hydrogen-bond donors (Lipinski definition) is 1. The van der Waals surface area contributed by atoms with Crippen molar-refractivity contribution in [1.82, 2.24) is 5.32 Å². The summed E-state index contributed by atoms with van der Waals surface area (Å²) in [5, 5.41) is 7.11. The molecular weight excluding hydrogens is 425 g/mol. The van der Waals surface area contributed by atoms with Crippen molar-refractivity contribution in [2.75, 3.05) is 0 Å². The van der Waals surface area contributed by atoms with Gasteiger partial charge in [0.2, 0.25) is 0 Å². The Labute approximate surface area is 132 Å². The molecule has 0 spiro atoms. The maximum atomic E-state index is 12.1. The Hall–Kier alpha value is -0.400. The van der Waals surface area contributed by atoms with Crippen molar-refractivity contribution < 1.29 is 4.79 Å². The number of hydrogen-bond acceptors (Lipinski definition) is 2. The van der Waals surface area contributed by atoms with Gasteiger partial charge in [-0.05, 0) is 69.6 Å². The molecule has 18 heavy (non-hydrogen) atoms. The number of benzene rings is 1. The first kappa shape index (κ1) is 14.0. The van der Waals surface area contributed by atoms with Gasteiger partial charge >= 0.3 is 0 Å². The number of carbonyl (C=O) groups excluding carboxylic acids is 1. The molecule has 1 N–H and O–H groups in total. The van der Waals surface area contributed by atoms with Crippen LogP contribution < -0.4 is 5.32 Å². The van der Waals surface area contributed by atoms with Gasteiger partial charge in [-0.2, -0.15) is 11.3 Å². The average Bonchev–Trinajstić information content (AvgIpc) is 2.75. The number of nitrogens with one attached hydrogen (secondary N) is 1. The summed E-state index contributed by atoms with van der Waals surface area (Å²) in [6, 6.07) is 5.70. The number of rotatable bonds is 3. The van der Waals surface area contributed by atoms with Crippen molar-refractivity contribution in [3.63, 3.8) is 0 Å². The fraction of sp³-hybridized carbons (Fsp3) is 0.154. The summed E-state index contributed by atoms with van der Waals surface area (Å²) < 4.78 is 1.87. The second-order valence-electron chi connectivity index (χ2n) is 3.89. The van der Waals surface area contributed by atoms with Gasteiger partial charge in [0.05, 0.1) is 5.56 Å². The number of amides is 1. The maximum absolute atomic E-state index is 12.1. The van der Waals surface area contributed by atoms with Gasteiger partial charge in [0.1, 0.15) is 0 Å². The highest BCUT2D eigenvalue weighted by atomic mass is 127. The highest BCUT2D eigenvalue weighted by Crippen LogP contribution is 2.19. The molecule has 0 saturated carbocycles. The SMILES string of the molecule is Cc1cscc1CNC(=O)c1cc(Br)ccc1I. The lowest BCUT2D eigenvalue weighted by molar-refractivity contribution is 0.0950. The van der Waals surface area contributed by atoms with Crippen LogP contribution in [0.15, 0.2) is 33.4 Å². The van der Waals surface area contributed by atoms with Crippen LogP contribution in [0.5, 0.6) is 0 Å². The number of aryl methyl sites for hydroxylation is 1. The summed E-state index contributed by atoms with van der Waals surface area (Å²) in [5.74, 6) is -0.0358. The summed E-state index contributed by atoms with van der Waals surface area (Å²) in [5.41, 5.74) is 3.11. The molecule has 2 rings (SSSR count). The first-order valence-electron chi connectivity index (χ1n) is 5.33. The van der Waals surface area contributed by atoms with E-state index >= 15 is 0 Å². The minimum atomic E-state index is -0.0358. The van der Waals surface area contributed by atoms with Crippen molar-refractivity contribution >= 4 is 55.8 Å². The predicted molar refractivity (Wildman–Crippen MR) is 87.1 cm³/mol. The van der Waals surface area contributed by atoms with Crippen molar-refractivity contribution in [2.45, 2.75) is 13.5 Å². The van der Waals surface area contributed by atoms with E-state index in [1.165, 1.54) is 11.1 Å². The van der Waals surface area contributed by atoms with Crippen LogP contribution in [0.3, 0.4) is 0 Å². The van der Waals surface area contributed by atoms with Crippen LogP contribution in [0.1, 0.15) is 21.5 Å². The van der Waals surface area contributed by atoms with E-state index in [9.17, 15) is 4.79 Å². The first-order chi connectivity index (χ1) is 8.58. The second kappa shape index (κ2) is 6.16. The van der Waals surface area contributed by atoms with Gasteiger partial charge in [0.15, 0.2) is 0 Å². The lowest BCUT2D eigenvalue weighted by atomic mass is 10.2. The Morgan fingerprint density at radius 1 is 1.44 bits per heavy atom. The van der Waals surface area contributed by atoms with Crippen LogP contribution in [0, 0.1) is 10.5 Å². The fourth-order valence-corrected chi connectivity index (χ4v) is 3.31. The molecule has 0 aliphatic carbocycles. The van der Waals surface area contributed by atoms with Crippen LogP contribution in [0.2, 0.25) is 0 Å². The lowest BCUT2D eigenvalue weighted by Gasteiger charge is -2.07. The molecule has 1 aromatic carbocycles. The standard InChI is InChI=1S/C13H11BrINOS/c1-8-6-18-7-9(8)5-16-13(17)11-4-10(14)2-3-12(11)15/h2-4,6-7H,5H2,1H3,(H,16,17). The molecule has 0 atom stereocenters. The van der Waals surface area contributed by atoms with E-state index in [4.69, 9.17) is 0 Å². The molecule has 94 valence electrons. The molecule has 0 bridgehead atoms. The van der Waals surface area contributed by atoms with Crippen molar-refractivity contribution in [2.24, 2.45) is 0 Å². The Kier molecular flexibility index (Phi) is 4.80. The quantitative estimate of drug-likeness (QED) is 0.713. The Balaban J connectivity index is 2.08.